The molecule has 0 aromatic carbocycles. The molecule has 12 heteroatoms. The molecule has 34 heavy (non-hydrogen) atoms. The van der Waals surface area contributed by atoms with Crippen molar-refractivity contribution in [3.8, 4) is 0 Å². The van der Waals surface area contributed by atoms with Gasteiger partial charge >= 0.3 is 6.18 Å². The highest BCUT2D eigenvalue weighted by molar-refractivity contribution is 5.78. The summed E-state index contributed by atoms with van der Waals surface area (Å²) in [7, 11) is 1.72. The van der Waals surface area contributed by atoms with Crippen LogP contribution in [0.15, 0.2) is 23.1 Å². The fourth-order valence-corrected chi connectivity index (χ4v) is 5.30. The van der Waals surface area contributed by atoms with E-state index < -0.39 is 11.9 Å². The molecule has 3 aliphatic heterocycles. The third kappa shape index (κ3) is 3.18. The van der Waals surface area contributed by atoms with Crippen LogP contribution in [0.3, 0.4) is 0 Å². The predicted octanol–water partition coefficient (Wildman–Crippen LogP) is 2.14. The number of nitrogens with zero attached hydrogens (tertiary/aromatic N) is 7. The number of anilines is 2. The third-order valence-corrected chi connectivity index (χ3v) is 7.22. The van der Waals surface area contributed by atoms with E-state index in [9.17, 15) is 18.0 Å². The molecule has 3 aromatic rings. The van der Waals surface area contributed by atoms with Gasteiger partial charge in [-0.3, -0.25) is 14.3 Å². The molecule has 0 atom stereocenters. The number of fused-ring (bicyclic) bond motifs is 1. The maximum absolute atomic E-state index is 13.2. The Kier molecular flexibility index (Phi) is 4.51. The number of ether oxygens (including phenoxy) is 1. The molecule has 0 unspecified atom stereocenters. The summed E-state index contributed by atoms with van der Waals surface area (Å²) in [5.41, 5.74) is 0.709. The van der Waals surface area contributed by atoms with Crippen LogP contribution in [0.25, 0.3) is 11.0 Å². The number of rotatable bonds is 3. The minimum Gasteiger partial charge on any atom is -0.377 e. The van der Waals surface area contributed by atoms with Crippen LogP contribution >= 0.6 is 0 Å². The molecule has 6 rings (SSSR count). The van der Waals surface area contributed by atoms with Crippen LogP contribution in [0.2, 0.25) is 0 Å². The minimum atomic E-state index is -4.46. The predicted molar refractivity (Wildman–Crippen MR) is 118 cm³/mol. The minimum absolute atomic E-state index is 0.0493. The number of halogens is 3. The molecule has 0 saturated carbocycles. The number of pyridine rings is 1. The first kappa shape index (κ1) is 21.4. The Balaban J connectivity index is 1.25. The molecule has 1 spiro atoms. The second-order valence-corrected chi connectivity index (χ2v) is 9.62. The fourth-order valence-electron chi connectivity index (χ4n) is 5.30. The van der Waals surface area contributed by atoms with E-state index in [4.69, 9.17) is 9.72 Å². The lowest BCUT2D eigenvalue weighted by molar-refractivity contribution is -0.141. The smallest absolute Gasteiger partial charge is 0.377 e. The maximum Gasteiger partial charge on any atom is 0.433 e. The molecule has 180 valence electrons. The third-order valence-electron chi connectivity index (χ3n) is 7.22. The topological polar surface area (TPSA) is 81.3 Å². The Morgan fingerprint density at radius 2 is 1.91 bits per heavy atom. The van der Waals surface area contributed by atoms with Crippen molar-refractivity contribution in [2.45, 2.75) is 25.6 Å². The molecule has 9 nitrogen and oxygen atoms in total. The maximum atomic E-state index is 13.2. The Bertz CT molecular complexity index is 1340. The van der Waals surface area contributed by atoms with E-state index in [0.717, 1.165) is 19.0 Å². The Hall–Kier alpha value is -3.15. The Morgan fingerprint density at radius 1 is 1.18 bits per heavy atom. The highest BCUT2D eigenvalue weighted by Crippen LogP contribution is 2.43. The second-order valence-electron chi connectivity index (χ2n) is 9.62. The zero-order chi connectivity index (χ0) is 23.8. The molecular formula is C22H24F3N7O2. The van der Waals surface area contributed by atoms with Crippen LogP contribution < -0.4 is 15.4 Å². The molecule has 0 N–H and O–H groups in total. The van der Waals surface area contributed by atoms with Crippen molar-refractivity contribution in [1.82, 2.24) is 24.3 Å². The zero-order valence-corrected chi connectivity index (χ0v) is 18.8. The van der Waals surface area contributed by atoms with Crippen LogP contribution in [0.4, 0.5) is 24.8 Å². The van der Waals surface area contributed by atoms with Gasteiger partial charge in [-0.25, -0.2) is 4.68 Å². The van der Waals surface area contributed by atoms with Crippen molar-refractivity contribution in [3.05, 3.63) is 40.1 Å². The Labute approximate surface area is 192 Å². The van der Waals surface area contributed by atoms with E-state index in [0.29, 0.717) is 61.2 Å². The number of aromatic nitrogens is 5. The lowest BCUT2D eigenvalue weighted by Gasteiger charge is -2.49. The average Bonchev–Trinajstić information content (AvgIpc) is 3.30. The van der Waals surface area contributed by atoms with Gasteiger partial charge in [0.25, 0.3) is 5.56 Å². The van der Waals surface area contributed by atoms with E-state index in [-0.39, 0.29) is 17.0 Å². The van der Waals surface area contributed by atoms with Crippen molar-refractivity contribution >= 4 is 22.7 Å². The molecule has 0 bridgehead atoms. The molecule has 3 aromatic heterocycles. The first-order valence-corrected chi connectivity index (χ1v) is 11.2. The first-order chi connectivity index (χ1) is 16.2. The summed E-state index contributed by atoms with van der Waals surface area (Å²) in [6.07, 6.45) is -2.38. The van der Waals surface area contributed by atoms with Gasteiger partial charge in [0.15, 0.2) is 5.65 Å². The highest BCUT2D eigenvalue weighted by Gasteiger charge is 2.49. The van der Waals surface area contributed by atoms with Gasteiger partial charge in [0.1, 0.15) is 17.1 Å². The van der Waals surface area contributed by atoms with Gasteiger partial charge in [-0.2, -0.15) is 23.3 Å². The molecule has 0 radical (unpaired) electrons. The van der Waals surface area contributed by atoms with E-state index in [1.165, 1.54) is 6.20 Å². The van der Waals surface area contributed by atoms with Gasteiger partial charge in [-0.05, 0) is 25.5 Å². The summed E-state index contributed by atoms with van der Waals surface area (Å²) in [4.78, 5) is 25.5. The van der Waals surface area contributed by atoms with Gasteiger partial charge in [-0.1, -0.05) is 0 Å². The number of hydrogen-bond donors (Lipinski definition) is 0. The SMILES string of the molecule is Cc1nn(C2COC2)c2nc(N3CCC4(CN(c5ccnc(C(F)(F)F)c5)C4)C3)n(C)c(=O)c12. The van der Waals surface area contributed by atoms with Crippen LogP contribution in [0, 0.1) is 12.3 Å². The van der Waals surface area contributed by atoms with Crippen LogP contribution in [-0.2, 0) is 18.0 Å². The summed E-state index contributed by atoms with van der Waals surface area (Å²) in [6, 6.07) is 2.80. The van der Waals surface area contributed by atoms with Crippen molar-refractivity contribution in [3.63, 3.8) is 0 Å². The van der Waals surface area contributed by atoms with E-state index in [1.54, 1.807) is 22.4 Å². The van der Waals surface area contributed by atoms with Gasteiger partial charge in [0, 0.05) is 50.5 Å². The highest BCUT2D eigenvalue weighted by atomic mass is 19.4. The standard InChI is InChI=1S/C22H24F3N7O2/c1-13-17-18(32(28-13)15-8-34-9-15)27-20(29(2)19(17)33)30-6-4-21(10-30)11-31(12-21)14-3-5-26-16(7-14)22(23,24)25/h3,5,7,15H,4,6,8-12H2,1-2H3. The van der Waals surface area contributed by atoms with Gasteiger partial charge in [0.05, 0.1) is 18.9 Å². The molecule has 0 amide bonds. The molecule has 3 fully saturated rings. The molecular weight excluding hydrogens is 451 g/mol. The quantitative estimate of drug-likeness (QED) is 0.574. The van der Waals surface area contributed by atoms with Gasteiger partial charge in [0.2, 0.25) is 5.95 Å². The first-order valence-electron chi connectivity index (χ1n) is 11.2. The largest absolute Gasteiger partial charge is 0.433 e. The zero-order valence-electron chi connectivity index (χ0n) is 18.8. The molecule has 6 heterocycles. The summed E-state index contributed by atoms with van der Waals surface area (Å²) in [5.74, 6) is 0.595. The number of aryl methyl sites for hydroxylation is 1. The summed E-state index contributed by atoms with van der Waals surface area (Å²) in [6.45, 7) is 5.63. The second kappa shape index (κ2) is 7.17. The molecule has 3 aliphatic rings. The molecule has 3 saturated heterocycles. The number of hydrogen-bond acceptors (Lipinski definition) is 7. The van der Waals surface area contributed by atoms with Crippen LogP contribution in [-0.4, -0.2) is 63.7 Å². The van der Waals surface area contributed by atoms with Crippen molar-refractivity contribution in [2.75, 3.05) is 49.2 Å². The fraction of sp³-hybridized carbons (Fsp3) is 0.545. The van der Waals surface area contributed by atoms with Crippen LogP contribution in [0.1, 0.15) is 23.9 Å². The normalized spacial score (nSPS) is 20.3. The van der Waals surface area contributed by atoms with Crippen molar-refractivity contribution in [1.29, 1.82) is 0 Å². The lowest BCUT2D eigenvalue weighted by atomic mass is 9.79. The average molecular weight is 475 g/mol. The van der Waals surface area contributed by atoms with Crippen LogP contribution in [0.5, 0.6) is 0 Å². The Morgan fingerprint density at radius 3 is 2.59 bits per heavy atom. The lowest BCUT2D eigenvalue weighted by Crippen LogP contribution is -2.58. The summed E-state index contributed by atoms with van der Waals surface area (Å²) in [5, 5.41) is 5.08. The van der Waals surface area contributed by atoms with Crippen molar-refractivity contribution < 1.29 is 17.9 Å². The van der Waals surface area contributed by atoms with Gasteiger partial charge in [-0.15, -0.1) is 0 Å². The summed E-state index contributed by atoms with van der Waals surface area (Å²) >= 11 is 0. The van der Waals surface area contributed by atoms with Crippen molar-refractivity contribution in [2.24, 2.45) is 12.5 Å². The van der Waals surface area contributed by atoms with E-state index >= 15 is 0 Å². The van der Waals surface area contributed by atoms with E-state index in [2.05, 4.69) is 15.0 Å². The number of alkyl halides is 3. The molecule has 0 aliphatic carbocycles. The summed E-state index contributed by atoms with van der Waals surface area (Å²) < 4.78 is 47.8. The van der Waals surface area contributed by atoms with E-state index in [1.807, 2.05) is 11.8 Å². The van der Waals surface area contributed by atoms with Gasteiger partial charge < -0.3 is 14.5 Å². The monoisotopic (exact) mass is 475 g/mol.